The molecule has 0 amide bonds. The van der Waals surface area contributed by atoms with Crippen LogP contribution in [0.3, 0.4) is 0 Å². The van der Waals surface area contributed by atoms with Gasteiger partial charge in [0.2, 0.25) is 0 Å². The first kappa shape index (κ1) is 12.7. The molecule has 1 N–H and O–H groups in total. The van der Waals surface area contributed by atoms with Crippen LogP contribution in [0, 0.1) is 0 Å². The minimum absolute atomic E-state index is 0. The van der Waals surface area contributed by atoms with E-state index in [2.05, 4.69) is 22.3 Å². The number of rotatable bonds is 5. The summed E-state index contributed by atoms with van der Waals surface area (Å²) in [5.41, 5.74) is 1.15. The second-order valence-corrected chi connectivity index (χ2v) is 3.53. The Balaban J connectivity index is 0.00000128. The van der Waals surface area contributed by atoms with Crippen LogP contribution >= 0.6 is 12.4 Å². The Bertz CT molecular complexity index is 373. The number of hydrogen-bond acceptors (Lipinski definition) is 4. The molecule has 0 saturated carbocycles. The van der Waals surface area contributed by atoms with Crippen LogP contribution in [0.5, 0.6) is 0 Å². The molecular weight excluding hydrogens is 228 g/mol. The summed E-state index contributed by atoms with van der Waals surface area (Å²) in [5, 5.41) is 7.42. The number of nitrogens with zero attached hydrogens (tertiary/aromatic N) is 3. The van der Waals surface area contributed by atoms with Gasteiger partial charge >= 0.3 is 0 Å². The first-order valence-electron chi connectivity index (χ1n) is 4.91. The van der Waals surface area contributed by atoms with Crippen molar-refractivity contribution in [1.82, 2.24) is 20.1 Å². The molecule has 2 heterocycles. The molecule has 1 unspecified atom stereocenters. The largest absolute Gasteiger partial charge is 0.472 e. The lowest BCUT2D eigenvalue weighted by Crippen LogP contribution is -2.29. The van der Waals surface area contributed by atoms with Gasteiger partial charge in [0.25, 0.3) is 0 Å². The summed E-state index contributed by atoms with van der Waals surface area (Å²) in [7, 11) is 0. The predicted molar refractivity (Wildman–Crippen MR) is 62.3 cm³/mol. The molecule has 0 saturated heterocycles. The predicted octanol–water partition coefficient (Wildman–Crippen LogP) is 1.47. The average Bonchev–Trinajstić information content (AvgIpc) is 2.86. The van der Waals surface area contributed by atoms with E-state index in [4.69, 9.17) is 4.42 Å². The summed E-state index contributed by atoms with van der Waals surface area (Å²) in [4.78, 5) is 3.89. The molecule has 0 aliphatic rings. The SMILES string of the molecule is CC(Cn1cncn1)NCc1ccoc1.Cl. The van der Waals surface area contributed by atoms with Gasteiger partial charge in [0.1, 0.15) is 12.7 Å². The van der Waals surface area contributed by atoms with Gasteiger partial charge in [0.15, 0.2) is 0 Å². The lowest BCUT2D eigenvalue weighted by atomic mass is 10.3. The number of halogens is 1. The maximum Gasteiger partial charge on any atom is 0.137 e. The van der Waals surface area contributed by atoms with Crippen molar-refractivity contribution in [3.8, 4) is 0 Å². The molecular formula is C10H15ClN4O. The van der Waals surface area contributed by atoms with Crippen LogP contribution in [-0.4, -0.2) is 20.8 Å². The van der Waals surface area contributed by atoms with Crippen molar-refractivity contribution in [2.24, 2.45) is 0 Å². The molecule has 0 bridgehead atoms. The van der Waals surface area contributed by atoms with Gasteiger partial charge in [0, 0.05) is 18.2 Å². The van der Waals surface area contributed by atoms with Gasteiger partial charge in [-0.3, -0.25) is 4.68 Å². The normalized spacial score (nSPS) is 12.1. The highest BCUT2D eigenvalue weighted by Gasteiger charge is 2.03. The van der Waals surface area contributed by atoms with Gasteiger partial charge < -0.3 is 9.73 Å². The molecule has 0 aliphatic heterocycles. The summed E-state index contributed by atoms with van der Waals surface area (Å²) in [6.45, 7) is 3.74. The first-order chi connectivity index (χ1) is 7.34. The van der Waals surface area contributed by atoms with Gasteiger partial charge in [-0.25, -0.2) is 4.98 Å². The Morgan fingerprint density at radius 1 is 1.56 bits per heavy atom. The van der Waals surface area contributed by atoms with E-state index >= 15 is 0 Å². The highest BCUT2D eigenvalue weighted by molar-refractivity contribution is 5.85. The van der Waals surface area contributed by atoms with E-state index in [-0.39, 0.29) is 12.4 Å². The van der Waals surface area contributed by atoms with Gasteiger partial charge in [-0.1, -0.05) is 0 Å². The van der Waals surface area contributed by atoms with E-state index in [1.807, 2.05) is 10.7 Å². The van der Waals surface area contributed by atoms with E-state index in [0.29, 0.717) is 6.04 Å². The number of aromatic nitrogens is 3. The van der Waals surface area contributed by atoms with Crippen LogP contribution in [0.4, 0.5) is 0 Å². The van der Waals surface area contributed by atoms with E-state index in [0.717, 1.165) is 18.7 Å². The maximum absolute atomic E-state index is 4.99. The van der Waals surface area contributed by atoms with Crippen LogP contribution < -0.4 is 5.32 Å². The van der Waals surface area contributed by atoms with Crippen molar-refractivity contribution in [3.63, 3.8) is 0 Å². The van der Waals surface area contributed by atoms with Gasteiger partial charge in [0.05, 0.1) is 19.1 Å². The molecule has 88 valence electrons. The standard InChI is InChI=1S/C10H14N4O.ClH/c1-9(5-14-8-11-7-13-14)12-4-10-2-3-15-6-10;/h2-3,6-9,12H,4-5H2,1H3;1H. The lowest BCUT2D eigenvalue weighted by molar-refractivity contribution is 0.448. The topological polar surface area (TPSA) is 55.9 Å². The van der Waals surface area contributed by atoms with Crippen molar-refractivity contribution in [2.75, 3.05) is 0 Å². The second-order valence-electron chi connectivity index (χ2n) is 3.53. The third-order valence-corrected chi connectivity index (χ3v) is 2.16. The molecule has 2 rings (SSSR count). The lowest BCUT2D eigenvalue weighted by Gasteiger charge is -2.12. The summed E-state index contributed by atoms with van der Waals surface area (Å²) in [5.74, 6) is 0. The van der Waals surface area contributed by atoms with E-state index in [9.17, 15) is 0 Å². The molecule has 2 aromatic rings. The zero-order chi connectivity index (χ0) is 10.5. The van der Waals surface area contributed by atoms with Crippen molar-refractivity contribution in [3.05, 3.63) is 36.8 Å². The smallest absolute Gasteiger partial charge is 0.137 e. The van der Waals surface area contributed by atoms with Crippen molar-refractivity contribution in [1.29, 1.82) is 0 Å². The summed E-state index contributed by atoms with van der Waals surface area (Å²) in [6, 6.07) is 2.30. The highest BCUT2D eigenvalue weighted by Crippen LogP contribution is 1.99. The van der Waals surface area contributed by atoms with Crippen LogP contribution in [0.25, 0.3) is 0 Å². The van der Waals surface area contributed by atoms with Crippen LogP contribution in [0.1, 0.15) is 12.5 Å². The summed E-state index contributed by atoms with van der Waals surface area (Å²) < 4.78 is 6.80. The number of nitrogens with one attached hydrogen (secondary N) is 1. The fourth-order valence-electron chi connectivity index (χ4n) is 1.36. The third kappa shape index (κ3) is 3.67. The average molecular weight is 243 g/mol. The number of furan rings is 1. The minimum atomic E-state index is 0. The van der Waals surface area contributed by atoms with Crippen LogP contribution in [-0.2, 0) is 13.1 Å². The zero-order valence-electron chi connectivity index (χ0n) is 9.04. The quantitative estimate of drug-likeness (QED) is 0.863. The van der Waals surface area contributed by atoms with Gasteiger partial charge in [-0.05, 0) is 13.0 Å². The molecule has 1 atom stereocenters. The fourth-order valence-corrected chi connectivity index (χ4v) is 1.36. The minimum Gasteiger partial charge on any atom is -0.472 e. The van der Waals surface area contributed by atoms with E-state index < -0.39 is 0 Å². The Kier molecular flexibility index (Phi) is 5.01. The molecule has 0 aliphatic carbocycles. The Hall–Kier alpha value is -1.33. The molecule has 0 spiro atoms. The van der Waals surface area contributed by atoms with E-state index in [1.54, 1.807) is 25.2 Å². The zero-order valence-corrected chi connectivity index (χ0v) is 9.85. The highest BCUT2D eigenvalue weighted by atomic mass is 35.5. The second kappa shape index (κ2) is 6.30. The van der Waals surface area contributed by atoms with Crippen molar-refractivity contribution >= 4 is 12.4 Å². The Labute approximate surface area is 100 Å². The van der Waals surface area contributed by atoms with Gasteiger partial charge in [-0.2, -0.15) is 5.10 Å². The monoisotopic (exact) mass is 242 g/mol. The summed E-state index contributed by atoms with van der Waals surface area (Å²) in [6.07, 6.45) is 6.69. The first-order valence-corrected chi connectivity index (χ1v) is 4.91. The molecule has 2 aromatic heterocycles. The molecule has 5 nitrogen and oxygen atoms in total. The molecule has 6 heteroatoms. The van der Waals surface area contributed by atoms with Crippen LogP contribution in [0.15, 0.2) is 35.7 Å². The molecule has 0 fully saturated rings. The summed E-state index contributed by atoms with van der Waals surface area (Å²) >= 11 is 0. The number of hydrogen-bond donors (Lipinski definition) is 1. The Morgan fingerprint density at radius 2 is 2.44 bits per heavy atom. The fraction of sp³-hybridized carbons (Fsp3) is 0.400. The van der Waals surface area contributed by atoms with Gasteiger partial charge in [-0.15, -0.1) is 12.4 Å². The Morgan fingerprint density at radius 3 is 3.06 bits per heavy atom. The molecule has 16 heavy (non-hydrogen) atoms. The third-order valence-electron chi connectivity index (χ3n) is 2.16. The molecule has 0 aromatic carbocycles. The van der Waals surface area contributed by atoms with Crippen molar-refractivity contribution < 1.29 is 4.42 Å². The maximum atomic E-state index is 4.99. The molecule has 0 radical (unpaired) electrons. The van der Waals surface area contributed by atoms with Crippen LogP contribution in [0.2, 0.25) is 0 Å². The van der Waals surface area contributed by atoms with Crippen molar-refractivity contribution in [2.45, 2.75) is 26.1 Å². The van der Waals surface area contributed by atoms with E-state index in [1.165, 1.54) is 0 Å².